The zero-order chi connectivity index (χ0) is 19.6. The number of rotatable bonds is 3. The molecule has 1 N–H and O–H groups in total. The van der Waals surface area contributed by atoms with Gasteiger partial charge in [-0.15, -0.1) is 0 Å². The standard InChI is InChI=1S/C17H17ClN4O3S2/c1-11-2-3-12(10-13(11)18)19-17(26)21-8-6-20(7-9-21)16(23)14-4-5-15(27-14)22(24)25/h2-5,10H,6-9H2,1H3,(H,19,26). The van der Waals surface area contributed by atoms with Crippen LogP contribution in [0, 0.1) is 17.0 Å². The molecule has 1 amide bonds. The second-order valence-corrected chi connectivity index (χ2v) is 7.92. The number of thiocarbonyl (C=S) groups is 1. The lowest BCUT2D eigenvalue weighted by Gasteiger charge is -2.36. The predicted molar refractivity (Wildman–Crippen MR) is 111 cm³/mol. The quantitative estimate of drug-likeness (QED) is 0.459. The summed E-state index contributed by atoms with van der Waals surface area (Å²) < 4.78 is 0. The van der Waals surface area contributed by atoms with Gasteiger partial charge in [0.05, 0.1) is 9.80 Å². The number of benzene rings is 1. The summed E-state index contributed by atoms with van der Waals surface area (Å²) in [6.45, 7) is 4.11. The predicted octanol–water partition coefficient (Wildman–Crippen LogP) is 3.77. The van der Waals surface area contributed by atoms with Crippen molar-refractivity contribution in [1.29, 1.82) is 0 Å². The lowest BCUT2D eigenvalue weighted by atomic mass is 10.2. The van der Waals surface area contributed by atoms with Crippen LogP contribution in [-0.2, 0) is 0 Å². The third-order valence-electron chi connectivity index (χ3n) is 4.26. The van der Waals surface area contributed by atoms with Crippen LogP contribution in [0.15, 0.2) is 30.3 Å². The maximum atomic E-state index is 12.5. The van der Waals surface area contributed by atoms with E-state index in [1.807, 2.05) is 30.0 Å². The van der Waals surface area contributed by atoms with Crippen LogP contribution in [-0.4, -0.2) is 51.9 Å². The molecule has 0 radical (unpaired) electrons. The molecule has 1 aromatic carbocycles. The van der Waals surface area contributed by atoms with Gasteiger partial charge in [0.15, 0.2) is 5.11 Å². The van der Waals surface area contributed by atoms with Crippen LogP contribution in [0.5, 0.6) is 0 Å². The van der Waals surface area contributed by atoms with Gasteiger partial charge in [-0.1, -0.05) is 29.0 Å². The summed E-state index contributed by atoms with van der Waals surface area (Å²) in [4.78, 5) is 26.9. The van der Waals surface area contributed by atoms with E-state index in [1.54, 1.807) is 4.90 Å². The molecule has 1 aliphatic rings. The van der Waals surface area contributed by atoms with Crippen LogP contribution < -0.4 is 5.32 Å². The van der Waals surface area contributed by atoms with Crippen molar-refractivity contribution < 1.29 is 9.72 Å². The van der Waals surface area contributed by atoms with E-state index < -0.39 is 4.92 Å². The van der Waals surface area contributed by atoms with Crippen molar-refractivity contribution in [3.8, 4) is 0 Å². The van der Waals surface area contributed by atoms with Gasteiger partial charge in [-0.2, -0.15) is 0 Å². The number of piperazine rings is 1. The van der Waals surface area contributed by atoms with Gasteiger partial charge in [-0.05, 0) is 42.9 Å². The first-order chi connectivity index (χ1) is 12.8. The Morgan fingerprint density at radius 2 is 1.89 bits per heavy atom. The molecular weight excluding hydrogens is 408 g/mol. The molecule has 27 heavy (non-hydrogen) atoms. The lowest BCUT2D eigenvalue weighted by molar-refractivity contribution is -0.380. The number of nitrogens with zero attached hydrogens (tertiary/aromatic N) is 3. The van der Waals surface area contributed by atoms with Crippen LogP contribution in [0.2, 0.25) is 5.02 Å². The molecular formula is C17H17ClN4O3S2. The smallest absolute Gasteiger partial charge is 0.324 e. The number of aryl methyl sites for hydroxylation is 1. The van der Waals surface area contributed by atoms with Gasteiger partial charge in [0.25, 0.3) is 5.91 Å². The van der Waals surface area contributed by atoms with E-state index in [0.717, 1.165) is 22.6 Å². The van der Waals surface area contributed by atoms with E-state index in [2.05, 4.69) is 5.32 Å². The normalized spacial score (nSPS) is 14.1. The fraction of sp³-hybridized carbons (Fsp3) is 0.294. The molecule has 0 spiro atoms. The summed E-state index contributed by atoms with van der Waals surface area (Å²) in [5, 5.41) is 15.2. The van der Waals surface area contributed by atoms with Gasteiger partial charge in [0.2, 0.25) is 0 Å². The molecule has 0 atom stereocenters. The largest absolute Gasteiger partial charge is 0.345 e. The summed E-state index contributed by atoms with van der Waals surface area (Å²) in [6.07, 6.45) is 0. The van der Waals surface area contributed by atoms with Gasteiger partial charge >= 0.3 is 5.00 Å². The Labute approximate surface area is 170 Å². The number of amides is 1. The highest BCUT2D eigenvalue weighted by Crippen LogP contribution is 2.25. The van der Waals surface area contributed by atoms with Crippen molar-refractivity contribution in [3.63, 3.8) is 0 Å². The number of hydrogen-bond acceptors (Lipinski definition) is 5. The van der Waals surface area contributed by atoms with Gasteiger partial charge in [-0.25, -0.2) is 0 Å². The maximum Gasteiger partial charge on any atom is 0.324 e. The first kappa shape index (κ1) is 19.5. The van der Waals surface area contributed by atoms with E-state index in [1.165, 1.54) is 12.1 Å². The van der Waals surface area contributed by atoms with E-state index in [0.29, 0.717) is 41.2 Å². The van der Waals surface area contributed by atoms with E-state index in [9.17, 15) is 14.9 Å². The minimum Gasteiger partial charge on any atom is -0.345 e. The van der Waals surface area contributed by atoms with E-state index >= 15 is 0 Å². The van der Waals surface area contributed by atoms with Crippen LogP contribution in [0.3, 0.4) is 0 Å². The third-order valence-corrected chi connectivity index (χ3v) is 6.05. The lowest BCUT2D eigenvalue weighted by Crippen LogP contribution is -2.51. The molecule has 142 valence electrons. The molecule has 0 saturated carbocycles. The van der Waals surface area contributed by atoms with Crippen molar-refractivity contribution in [1.82, 2.24) is 9.80 Å². The van der Waals surface area contributed by atoms with E-state index in [4.69, 9.17) is 23.8 Å². The number of thiophene rings is 1. The first-order valence-corrected chi connectivity index (χ1v) is 9.81. The number of carbonyl (C=O) groups excluding carboxylic acids is 1. The maximum absolute atomic E-state index is 12.5. The van der Waals surface area contributed by atoms with Crippen LogP contribution in [0.4, 0.5) is 10.7 Å². The summed E-state index contributed by atoms with van der Waals surface area (Å²) in [5.41, 5.74) is 1.81. The molecule has 0 aliphatic carbocycles. The Balaban J connectivity index is 1.56. The van der Waals surface area contributed by atoms with Gasteiger partial charge in [-0.3, -0.25) is 14.9 Å². The topological polar surface area (TPSA) is 78.7 Å². The Morgan fingerprint density at radius 1 is 1.22 bits per heavy atom. The Morgan fingerprint density at radius 3 is 2.48 bits per heavy atom. The first-order valence-electron chi connectivity index (χ1n) is 8.21. The highest BCUT2D eigenvalue weighted by molar-refractivity contribution is 7.80. The average molecular weight is 425 g/mol. The molecule has 7 nitrogen and oxygen atoms in total. The number of anilines is 1. The summed E-state index contributed by atoms with van der Waals surface area (Å²) >= 11 is 12.5. The van der Waals surface area contributed by atoms with Crippen LogP contribution >= 0.6 is 35.2 Å². The Hall–Kier alpha value is -2.23. The molecule has 1 saturated heterocycles. The monoisotopic (exact) mass is 424 g/mol. The average Bonchev–Trinajstić information content (AvgIpc) is 3.15. The highest BCUT2D eigenvalue weighted by Gasteiger charge is 2.25. The number of nitro groups is 1. The molecule has 3 rings (SSSR count). The highest BCUT2D eigenvalue weighted by atomic mass is 35.5. The van der Waals surface area contributed by atoms with Gasteiger partial charge < -0.3 is 15.1 Å². The fourth-order valence-corrected chi connectivity index (χ4v) is 3.95. The second kappa shape index (κ2) is 8.20. The molecule has 1 aromatic heterocycles. The fourth-order valence-electron chi connectivity index (χ4n) is 2.68. The zero-order valence-corrected chi connectivity index (χ0v) is 16.9. The summed E-state index contributed by atoms with van der Waals surface area (Å²) in [7, 11) is 0. The molecule has 2 heterocycles. The van der Waals surface area contributed by atoms with Crippen molar-refractivity contribution >= 4 is 56.9 Å². The number of nitrogens with one attached hydrogen (secondary N) is 1. The molecule has 1 aliphatic heterocycles. The van der Waals surface area contributed by atoms with Crippen LogP contribution in [0.1, 0.15) is 15.2 Å². The molecule has 0 unspecified atom stereocenters. The Kier molecular flexibility index (Phi) is 5.93. The number of carbonyl (C=O) groups is 1. The van der Waals surface area contributed by atoms with E-state index in [-0.39, 0.29) is 10.9 Å². The van der Waals surface area contributed by atoms with Crippen molar-refractivity contribution in [2.75, 3.05) is 31.5 Å². The minimum atomic E-state index is -0.485. The number of hydrogen-bond donors (Lipinski definition) is 1. The molecule has 1 fully saturated rings. The summed E-state index contributed by atoms with van der Waals surface area (Å²) in [6, 6.07) is 8.53. The van der Waals surface area contributed by atoms with Gasteiger partial charge in [0.1, 0.15) is 0 Å². The van der Waals surface area contributed by atoms with Crippen molar-refractivity contribution in [2.24, 2.45) is 0 Å². The number of halogens is 1. The molecule has 0 bridgehead atoms. The third kappa shape index (κ3) is 4.55. The van der Waals surface area contributed by atoms with Crippen molar-refractivity contribution in [2.45, 2.75) is 6.92 Å². The minimum absolute atomic E-state index is 0.0286. The molecule has 2 aromatic rings. The molecule has 10 heteroatoms. The SMILES string of the molecule is Cc1ccc(NC(=S)N2CCN(C(=O)c3ccc([N+](=O)[O-])s3)CC2)cc1Cl. The van der Waals surface area contributed by atoms with Crippen LogP contribution in [0.25, 0.3) is 0 Å². The second-order valence-electron chi connectivity index (χ2n) is 6.07. The van der Waals surface area contributed by atoms with Gasteiger partial charge in [0, 0.05) is 43.0 Å². The summed E-state index contributed by atoms with van der Waals surface area (Å²) in [5.74, 6) is -0.183. The zero-order valence-electron chi connectivity index (χ0n) is 14.5. The Bertz CT molecular complexity index is 894. The van der Waals surface area contributed by atoms with Crippen molar-refractivity contribution in [3.05, 3.63) is 55.9 Å².